The van der Waals surface area contributed by atoms with E-state index in [1.807, 2.05) is 0 Å². The molecule has 0 aromatic carbocycles. The molecule has 0 saturated carbocycles. The van der Waals surface area contributed by atoms with Gasteiger partial charge in [0, 0.05) is 19.6 Å². The van der Waals surface area contributed by atoms with Crippen LogP contribution in [0.15, 0.2) is 0 Å². The summed E-state index contributed by atoms with van der Waals surface area (Å²) in [4.78, 5) is 36.8. The van der Waals surface area contributed by atoms with Gasteiger partial charge in [0.05, 0.1) is 0 Å². The van der Waals surface area contributed by atoms with Gasteiger partial charge < -0.3 is 14.9 Å². The van der Waals surface area contributed by atoms with E-state index in [0.29, 0.717) is 13.1 Å². The molecule has 6 heteroatoms. The van der Waals surface area contributed by atoms with E-state index in [-0.39, 0.29) is 6.54 Å². The van der Waals surface area contributed by atoms with Gasteiger partial charge in [-0.25, -0.2) is 4.79 Å². The van der Waals surface area contributed by atoms with Crippen LogP contribution in [0.1, 0.15) is 20.8 Å². The van der Waals surface area contributed by atoms with E-state index in [2.05, 4.69) is 0 Å². The van der Waals surface area contributed by atoms with Gasteiger partial charge in [0.15, 0.2) is 0 Å². The van der Waals surface area contributed by atoms with Crippen LogP contribution in [0.5, 0.6) is 0 Å². The molecule has 90 valence electrons. The van der Waals surface area contributed by atoms with E-state index in [9.17, 15) is 14.4 Å². The number of carbonyl (C=O) groups excluding carboxylic acids is 2. The van der Waals surface area contributed by atoms with Crippen molar-refractivity contribution >= 4 is 17.8 Å². The zero-order valence-electron chi connectivity index (χ0n) is 9.69. The van der Waals surface area contributed by atoms with Crippen molar-refractivity contribution in [1.82, 2.24) is 9.80 Å². The summed E-state index contributed by atoms with van der Waals surface area (Å²) >= 11 is 0. The summed E-state index contributed by atoms with van der Waals surface area (Å²) in [5.74, 6) is -2.47. The second-order valence-corrected chi connectivity index (χ2v) is 4.21. The molecule has 1 heterocycles. The number of hydrogen-bond acceptors (Lipinski definition) is 3. The lowest BCUT2D eigenvalue weighted by atomic mass is 10.0. The maximum atomic E-state index is 11.7. The Labute approximate surface area is 93.8 Å². The number of aliphatic carboxylic acids is 1. The van der Waals surface area contributed by atoms with Crippen LogP contribution in [0.2, 0.25) is 0 Å². The molecule has 1 aliphatic rings. The first-order valence-corrected chi connectivity index (χ1v) is 5.16. The third-order valence-electron chi connectivity index (χ3n) is 2.89. The maximum Gasteiger partial charge on any atom is 0.329 e. The van der Waals surface area contributed by atoms with Crippen LogP contribution < -0.4 is 0 Å². The van der Waals surface area contributed by atoms with Crippen molar-refractivity contribution < 1.29 is 19.5 Å². The van der Waals surface area contributed by atoms with E-state index in [1.165, 1.54) is 18.7 Å². The molecule has 1 N–H and O–H groups in total. The van der Waals surface area contributed by atoms with Crippen molar-refractivity contribution in [3.05, 3.63) is 0 Å². The Bertz CT molecular complexity index is 338. The van der Waals surface area contributed by atoms with Crippen molar-refractivity contribution in [1.29, 1.82) is 0 Å². The average Bonchev–Trinajstić information content (AvgIpc) is 2.21. The van der Waals surface area contributed by atoms with Crippen LogP contribution in [0.3, 0.4) is 0 Å². The standard InChI is InChI=1S/C10H16N2O4/c1-4-11-5-6-12(8(14)7(11)13)10(2,3)9(15)16/h4-6H2,1-3H3,(H,15,16). The van der Waals surface area contributed by atoms with Gasteiger partial charge in [-0.15, -0.1) is 0 Å². The SMILES string of the molecule is CCN1CCN(C(C)(C)C(=O)O)C(=O)C1=O. The number of likely N-dealkylation sites (N-methyl/N-ethyl adjacent to an activating group) is 1. The number of carboxylic acid groups (broad SMARTS) is 1. The maximum absolute atomic E-state index is 11.7. The molecule has 0 aromatic rings. The molecule has 0 aliphatic carbocycles. The van der Waals surface area contributed by atoms with Crippen molar-refractivity contribution in [3.63, 3.8) is 0 Å². The molecule has 16 heavy (non-hydrogen) atoms. The third-order valence-corrected chi connectivity index (χ3v) is 2.89. The fourth-order valence-corrected chi connectivity index (χ4v) is 1.63. The molecule has 0 atom stereocenters. The highest BCUT2D eigenvalue weighted by molar-refractivity contribution is 6.36. The van der Waals surface area contributed by atoms with E-state index in [4.69, 9.17) is 5.11 Å². The quantitative estimate of drug-likeness (QED) is 0.663. The molecule has 1 saturated heterocycles. The minimum atomic E-state index is -1.34. The molecule has 0 radical (unpaired) electrons. The predicted molar refractivity (Wildman–Crippen MR) is 55.7 cm³/mol. The van der Waals surface area contributed by atoms with Crippen molar-refractivity contribution in [2.24, 2.45) is 0 Å². The van der Waals surface area contributed by atoms with Crippen LogP contribution in [0.4, 0.5) is 0 Å². The summed E-state index contributed by atoms with van der Waals surface area (Å²) in [6.07, 6.45) is 0. The number of nitrogens with zero attached hydrogens (tertiary/aromatic N) is 2. The Hall–Kier alpha value is -1.59. The number of amides is 2. The molecule has 1 fully saturated rings. The molecule has 0 unspecified atom stereocenters. The number of piperazine rings is 1. The van der Waals surface area contributed by atoms with Crippen molar-refractivity contribution in [2.75, 3.05) is 19.6 Å². The summed E-state index contributed by atoms with van der Waals surface area (Å²) in [7, 11) is 0. The summed E-state index contributed by atoms with van der Waals surface area (Å²) in [6, 6.07) is 0. The lowest BCUT2D eigenvalue weighted by molar-refractivity contribution is -0.167. The molecule has 0 bridgehead atoms. The second-order valence-electron chi connectivity index (χ2n) is 4.21. The lowest BCUT2D eigenvalue weighted by Crippen LogP contribution is -2.62. The van der Waals surface area contributed by atoms with Crippen LogP contribution >= 0.6 is 0 Å². The van der Waals surface area contributed by atoms with Gasteiger partial charge in [-0.1, -0.05) is 0 Å². The Kier molecular flexibility index (Phi) is 3.21. The van der Waals surface area contributed by atoms with Gasteiger partial charge in [0.1, 0.15) is 5.54 Å². The summed E-state index contributed by atoms with van der Waals surface area (Å²) < 4.78 is 0. The fraction of sp³-hybridized carbons (Fsp3) is 0.700. The smallest absolute Gasteiger partial charge is 0.329 e. The predicted octanol–water partition coefficient (Wildman–Crippen LogP) is -0.460. The molecule has 1 aliphatic heterocycles. The Morgan fingerprint density at radius 2 is 1.88 bits per heavy atom. The molecule has 6 nitrogen and oxygen atoms in total. The monoisotopic (exact) mass is 228 g/mol. The molecular formula is C10H16N2O4. The van der Waals surface area contributed by atoms with Crippen LogP contribution in [0.25, 0.3) is 0 Å². The first-order chi connectivity index (χ1) is 7.32. The summed E-state index contributed by atoms with van der Waals surface area (Å²) in [5.41, 5.74) is -1.34. The first-order valence-electron chi connectivity index (χ1n) is 5.16. The fourth-order valence-electron chi connectivity index (χ4n) is 1.63. The topological polar surface area (TPSA) is 77.9 Å². The minimum absolute atomic E-state index is 0.262. The molecule has 1 rings (SSSR count). The molecule has 0 aromatic heterocycles. The highest BCUT2D eigenvalue weighted by Crippen LogP contribution is 2.18. The number of carbonyl (C=O) groups is 3. The highest BCUT2D eigenvalue weighted by atomic mass is 16.4. The second kappa shape index (κ2) is 4.11. The summed E-state index contributed by atoms with van der Waals surface area (Å²) in [5, 5.41) is 9.00. The van der Waals surface area contributed by atoms with Crippen molar-refractivity contribution in [2.45, 2.75) is 26.3 Å². The van der Waals surface area contributed by atoms with E-state index in [0.717, 1.165) is 4.90 Å². The number of hydrogen-bond donors (Lipinski definition) is 1. The van der Waals surface area contributed by atoms with Crippen LogP contribution in [0, 0.1) is 0 Å². The number of carboxylic acids is 1. The lowest BCUT2D eigenvalue weighted by Gasteiger charge is -2.40. The van der Waals surface area contributed by atoms with Crippen molar-refractivity contribution in [3.8, 4) is 0 Å². The highest BCUT2D eigenvalue weighted by Gasteiger charge is 2.43. The Balaban J connectivity index is 2.92. The van der Waals surface area contributed by atoms with Gasteiger partial charge in [0.25, 0.3) is 0 Å². The molecule has 0 spiro atoms. The number of rotatable bonds is 3. The zero-order valence-corrected chi connectivity index (χ0v) is 9.69. The average molecular weight is 228 g/mol. The summed E-state index contributed by atoms with van der Waals surface area (Å²) in [6.45, 7) is 5.73. The van der Waals surface area contributed by atoms with Gasteiger partial charge in [0.2, 0.25) is 0 Å². The Morgan fingerprint density at radius 1 is 1.31 bits per heavy atom. The molecular weight excluding hydrogens is 212 g/mol. The Morgan fingerprint density at radius 3 is 2.31 bits per heavy atom. The van der Waals surface area contributed by atoms with Gasteiger partial charge >= 0.3 is 17.8 Å². The van der Waals surface area contributed by atoms with Gasteiger partial charge in [-0.05, 0) is 20.8 Å². The minimum Gasteiger partial charge on any atom is -0.480 e. The van der Waals surface area contributed by atoms with Gasteiger partial charge in [-0.3, -0.25) is 9.59 Å². The largest absolute Gasteiger partial charge is 0.480 e. The third kappa shape index (κ3) is 1.87. The van der Waals surface area contributed by atoms with E-state index < -0.39 is 23.3 Å². The van der Waals surface area contributed by atoms with Crippen LogP contribution in [-0.4, -0.2) is 57.9 Å². The normalized spacial score (nSPS) is 17.9. The van der Waals surface area contributed by atoms with E-state index >= 15 is 0 Å². The van der Waals surface area contributed by atoms with Gasteiger partial charge in [-0.2, -0.15) is 0 Å². The molecule has 2 amide bonds. The zero-order chi connectivity index (χ0) is 12.5. The first kappa shape index (κ1) is 12.5. The van der Waals surface area contributed by atoms with E-state index in [1.54, 1.807) is 6.92 Å². The van der Waals surface area contributed by atoms with Crippen LogP contribution in [-0.2, 0) is 14.4 Å².